The number of nitrogens with zero attached hydrogens (tertiary/aromatic N) is 3. The van der Waals surface area contributed by atoms with Gasteiger partial charge in [0.2, 0.25) is 0 Å². The molecule has 32 heavy (non-hydrogen) atoms. The average molecular weight is 440 g/mol. The molecule has 1 fully saturated rings. The third kappa shape index (κ3) is 6.44. The molecule has 0 radical (unpaired) electrons. The molecule has 0 aliphatic carbocycles. The maximum atomic E-state index is 13.1. The second-order valence-electron chi connectivity index (χ2n) is 8.54. The van der Waals surface area contributed by atoms with Crippen LogP contribution >= 0.6 is 0 Å². The number of benzene rings is 2. The summed E-state index contributed by atoms with van der Waals surface area (Å²) < 4.78 is 18.7. The van der Waals surface area contributed by atoms with E-state index < -0.39 is 5.82 Å². The van der Waals surface area contributed by atoms with Gasteiger partial charge in [0.05, 0.1) is 11.6 Å². The Morgan fingerprint density at radius 1 is 1.12 bits per heavy atom. The summed E-state index contributed by atoms with van der Waals surface area (Å²) in [4.78, 5) is 4.93. The summed E-state index contributed by atoms with van der Waals surface area (Å²) in [5.41, 5.74) is 3.10. The molecule has 6 heteroatoms. The lowest BCUT2D eigenvalue weighted by molar-refractivity contribution is 0.0814. The fourth-order valence-electron chi connectivity index (χ4n) is 4.36. The van der Waals surface area contributed by atoms with E-state index in [4.69, 9.17) is 4.74 Å². The summed E-state index contributed by atoms with van der Waals surface area (Å²) in [6.45, 7) is 9.34. The monoisotopic (exact) mass is 439 g/mol. The number of rotatable bonds is 10. The van der Waals surface area contributed by atoms with Gasteiger partial charge in [0, 0.05) is 44.8 Å². The van der Waals surface area contributed by atoms with Crippen LogP contribution in [-0.4, -0.2) is 54.2 Å². The Morgan fingerprint density at radius 3 is 2.56 bits per heavy atom. The van der Waals surface area contributed by atoms with Gasteiger partial charge in [-0.3, -0.25) is 9.80 Å². The predicted molar refractivity (Wildman–Crippen MR) is 124 cm³/mol. The topological polar surface area (TPSA) is 59.7 Å². The molecule has 0 amide bonds. The summed E-state index contributed by atoms with van der Waals surface area (Å²) in [7, 11) is 0. The molecule has 1 unspecified atom stereocenters. The molecule has 1 heterocycles. The summed E-state index contributed by atoms with van der Waals surface area (Å²) in [5.74, 6) is -0.323. The highest BCUT2D eigenvalue weighted by molar-refractivity contribution is 5.40. The van der Waals surface area contributed by atoms with E-state index in [0.717, 1.165) is 56.3 Å². The highest BCUT2D eigenvalue weighted by Crippen LogP contribution is 2.30. The van der Waals surface area contributed by atoms with E-state index in [2.05, 4.69) is 34.9 Å². The summed E-state index contributed by atoms with van der Waals surface area (Å²) in [6, 6.07) is 12.7. The molecule has 0 spiro atoms. The quantitative estimate of drug-likeness (QED) is 0.526. The molecular weight excluding hydrogens is 405 g/mol. The summed E-state index contributed by atoms with van der Waals surface area (Å²) >= 11 is 0. The number of aryl methyl sites for hydroxylation is 1. The van der Waals surface area contributed by atoms with Crippen molar-refractivity contribution < 1.29 is 14.2 Å². The lowest BCUT2D eigenvalue weighted by Crippen LogP contribution is -2.48. The zero-order chi connectivity index (χ0) is 22.9. The maximum Gasteiger partial charge on any atom is 0.161 e. The molecule has 2 aromatic carbocycles. The number of unbranched alkanes of at least 4 members (excludes halogenated alkanes) is 2. The van der Waals surface area contributed by atoms with E-state index in [-0.39, 0.29) is 5.75 Å². The Hall–Kier alpha value is -2.62. The molecule has 2 aromatic rings. The minimum Gasteiger partial charge on any atom is -0.504 e. The van der Waals surface area contributed by atoms with Crippen LogP contribution in [0.3, 0.4) is 0 Å². The Bertz CT molecular complexity index is 920. The highest BCUT2D eigenvalue weighted by Gasteiger charge is 2.25. The van der Waals surface area contributed by atoms with Crippen LogP contribution < -0.4 is 4.74 Å². The predicted octanol–water partition coefficient (Wildman–Crippen LogP) is 5.03. The lowest BCUT2D eigenvalue weighted by atomic mass is 9.95. The summed E-state index contributed by atoms with van der Waals surface area (Å²) in [5, 5.41) is 19.0. The van der Waals surface area contributed by atoms with E-state index in [9.17, 15) is 14.8 Å². The first kappa shape index (κ1) is 24.0. The third-order valence-electron chi connectivity index (χ3n) is 6.27. The minimum absolute atomic E-state index is 0.164. The molecule has 3 rings (SSSR count). The molecule has 0 aromatic heterocycles. The van der Waals surface area contributed by atoms with Crippen LogP contribution in [0.15, 0.2) is 36.4 Å². The number of nitriles is 1. The first-order chi connectivity index (χ1) is 15.5. The van der Waals surface area contributed by atoms with Gasteiger partial charge < -0.3 is 9.84 Å². The van der Waals surface area contributed by atoms with Crippen LogP contribution in [0.5, 0.6) is 11.5 Å². The highest BCUT2D eigenvalue weighted by atomic mass is 19.1. The van der Waals surface area contributed by atoms with Crippen molar-refractivity contribution in [3.05, 3.63) is 58.9 Å². The molecule has 0 bridgehead atoms. The van der Waals surface area contributed by atoms with Crippen molar-refractivity contribution in [3.63, 3.8) is 0 Å². The first-order valence-corrected chi connectivity index (χ1v) is 11.6. The molecule has 1 N–H and O–H groups in total. The van der Waals surface area contributed by atoms with Gasteiger partial charge in [-0.2, -0.15) is 5.26 Å². The standard InChI is InChI=1S/C26H34FN3O2/c1-3-4-5-6-24(21-7-8-22(19-28)20(2)17-21)30-13-11-29(12-14-30)15-16-32-26-10-9-23(27)18-25(26)31/h7-10,17-18,24,31H,3-6,11-16H2,1-2H3. The van der Waals surface area contributed by atoms with Crippen LogP contribution in [0.25, 0.3) is 0 Å². The van der Waals surface area contributed by atoms with Gasteiger partial charge in [0.25, 0.3) is 0 Å². The molecule has 172 valence electrons. The molecule has 1 aliphatic heterocycles. The molecule has 1 atom stereocenters. The number of piperazine rings is 1. The van der Waals surface area contributed by atoms with Gasteiger partial charge in [-0.25, -0.2) is 4.39 Å². The van der Waals surface area contributed by atoms with Crippen LogP contribution in [0.4, 0.5) is 4.39 Å². The van der Waals surface area contributed by atoms with Gasteiger partial charge in [-0.05, 0) is 42.7 Å². The van der Waals surface area contributed by atoms with Crippen LogP contribution in [0.1, 0.15) is 55.3 Å². The van der Waals surface area contributed by atoms with Crippen molar-refractivity contribution >= 4 is 0 Å². The van der Waals surface area contributed by atoms with Crippen LogP contribution in [0.2, 0.25) is 0 Å². The van der Waals surface area contributed by atoms with E-state index in [0.29, 0.717) is 18.4 Å². The Labute approximate surface area is 191 Å². The Kier molecular flexibility index (Phi) is 8.90. The molecule has 5 nitrogen and oxygen atoms in total. The fraction of sp³-hybridized carbons (Fsp3) is 0.500. The SMILES string of the molecule is CCCCCC(c1ccc(C#N)c(C)c1)N1CCN(CCOc2ccc(F)cc2O)CC1. The number of hydrogen-bond donors (Lipinski definition) is 1. The van der Waals surface area contributed by atoms with Gasteiger partial charge in [-0.15, -0.1) is 0 Å². The smallest absolute Gasteiger partial charge is 0.161 e. The van der Waals surface area contributed by atoms with Crippen LogP contribution in [-0.2, 0) is 0 Å². The second-order valence-corrected chi connectivity index (χ2v) is 8.54. The molecular formula is C26H34FN3O2. The fourth-order valence-corrected chi connectivity index (χ4v) is 4.36. The first-order valence-electron chi connectivity index (χ1n) is 11.6. The van der Waals surface area contributed by atoms with Crippen LogP contribution in [0, 0.1) is 24.1 Å². The van der Waals surface area contributed by atoms with E-state index >= 15 is 0 Å². The number of phenolic OH excluding ortho intramolecular Hbond substituents is 1. The lowest BCUT2D eigenvalue weighted by Gasteiger charge is -2.39. The van der Waals surface area contributed by atoms with Crippen molar-refractivity contribution in [1.29, 1.82) is 5.26 Å². The minimum atomic E-state index is -0.475. The zero-order valence-corrected chi connectivity index (χ0v) is 19.2. The average Bonchev–Trinajstić information content (AvgIpc) is 2.79. The number of halogens is 1. The number of ether oxygens (including phenoxy) is 1. The largest absolute Gasteiger partial charge is 0.504 e. The van der Waals surface area contributed by atoms with E-state index in [1.807, 2.05) is 13.0 Å². The maximum absolute atomic E-state index is 13.1. The molecule has 1 aliphatic rings. The number of aromatic hydroxyl groups is 1. The molecule has 1 saturated heterocycles. The van der Waals surface area contributed by atoms with Gasteiger partial charge in [-0.1, -0.05) is 38.3 Å². The van der Waals surface area contributed by atoms with Crippen molar-refractivity contribution in [2.75, 3.05) is 39.3 Å². The second kappa shape index (κ2) is 11.8. The van der Waals surface area contributed by atoms with E-state index in [1.165, 1.54) is 37.0 Å². The Morgan fingerprint density at radius 2 is 1.91 bits per heavy atom. The van der Waals surface area contributed by atoms with Crippen molar-refractivity contribution in [2.24, 2.45) is 0 Å². The Balaban J connectivity index is 1.55. The number of hydrogen-bond acceptors (Lipinski definition) is 5. The normalized spacial score (nSPS) is 15.9. The number of phenols is 1. The van der Waals surface area contributed by atoms with Crippen molar-refractivity contribution in [2.45, 2.75) is 45.6 Å². The van der Waals surface area contributed by atoms with Gasteiger partial charge in [0.1, 0.15) is 12.4 Å². The molecule has 0 saturated carbocycles. The van der Waals surface area contributed by atoms with Gasteiger partial charge >= 0.3 is 0 Å². The van der Waals surface area contributed by atoms with Crippen molar-refractivity contribution in [3.8, 4) is 17.6 Å². The van der Waals surface area contributed by atoms with Crippen molar-refractivity contribution in [1.82, 2.24) is 9.80 Å². The third-order valence-corrected chi connectivity index (χ3v) is 6.27. The summed E-state index contributed by atoms with van der Waals surface area (Å²) in [6.07, 6.45) is 4.78. The zero-order valence-electron chi connectivity index (χ0n) is 19.2. The van der Waals surface area contributed by atoms with Gasteiger partial charge in [0.15, 0.2) is 11.5 Å². The van der Waals surface area contributed by atoms with E-state index in [1.54, 1.807) is 0 Å².